The van der Waals surface area contributed by atoms with Crippen molar-refractivity contribution in [1.29, 1.82) is 0 Å². The normalized spacial score (nSPS) is 13.3. The maximum absolute atomic E-state index is 10.7. The highest BCUT2D eigenvalue weighted by atomic mass is 16.4. The van der Waals surface area contributed by atoms with E-state index in [2.05, 4.69) is 25.7 Å². The van der Waals surface area contributed by atoms with E-state index in [-0.39, 0.29) is 5.56 Å². The van der Waals surface area contributed by atoms with Gasteiger partial charge in [-0.05, 0) is 32.4 Å². The number of carboxylic acids is 1. The van der Waals surface area contributed by atoms with Crippen molar-refractivity contribution in [3.63, 3.8) is 0 Å². The van der Waals surface area contributed by atoms with Gasteiger partial charge in [-0.2, -0.15) is 0 Å². The maximum atomic E-state index is 10.7. The molecule has 0 saturated carbocycles. The first-order chi connectivity index (χ1) is 7.90. The molecule has 1 aromatic heterocycles. The molecule has 1 rings (SSSR count). The molecule has 0 aliphatic rings. The smallest absolute Gasteiger partial charge is 0.338 e. The molecule has 0 aliphatic heterocycles. The van der Waals surface area contributed by atoms with Crippen LogP contribution >= 0.6 is 0 Å². The van der Waals surface area contributed by atoms with Gasteiger partial charge in [0.2, 0.25) is 0 Å². The predicted octanol–water partition coefficient (Wildman–Crippen LogP) is 2.84. The number of aromatic carboxylic acids is 1. The zero-order chi connectivity index (χ0) is 13.0. The molecule has 0 aromatic carbocycles. The highest BCUT2D eigenvalue weighted by Crippen LogP contribution is 2.15. The van der Waals surface area contributed by atoms with Gasteiger partial charge in [0.1, 0.15) is 12.0 Å². The molecule has 0 saturated heterocycles. The van der Waals surface area contributed by atoms with Gasteiger partial charge >= 0.3 is 5.97 Å². The van der Waals surface area contributed by atoms with E-state index in [1.54, 1.807) is 6.07 Å². The Balaban J connectivity index is 2.55. The summed E-state index contributed by atoms with van der Waals surface area (Å²) in [5.74, 6) is 0.400. The van der Waals surface area contributed by atoms with Crippen molar-refractivity contribution in [3.05, 3.63) is 23.7 Å². The molecule has 0 spiro atoms. The fourth-order valence-electron chi connectivity index (χ4n) is 1.84. The Morgan fingerprint density at radius 3 is 2.59 bits per heavy atom. The fraction of sp³-hybridized carbons (Fsp3) is 0.615. The average molecular weight is 239 g/mol. The van der Waals surface area contributed by atoms with Crippen LogP contribution in [0, 0.1) is 5.92 Å². The van der Waals surface area contributed by atoms with Crippen LogP contribution in [0.2, 0.25) is 0 Å². The van der Waals surface area contributed by atoms with Crippen LogP contribution in [0.25, 0.3) is 0 Å². The molecular weight excluding hydrogens is 218 g/mol. The largest absolute Gasteiger partial charge is 0.478 e. The van der Waals surface area contributed by atoms with E-state index in [1.165, 1.54) is 6.26 Å². The molecule has 0 amide bonds. The number of carboxylic acid groups (broad SMARTS) is 1. The van der Waals surface area contributed by atoms with Crippen LogP contribution in [-0.4, -0.2) is 29.1 Å². The van der Waals surface area contributed by atoms with Crippen molar-refractivity contribution in [2.24, 2.45) is 5.92 Å². The minimum absolute atomic E-state index is 0.213. The van der Waals surface area contributed by atoms with Crippen LogP contribution in [0.4, 0.5) is 0 Å². The Kier molecular flexibility index (Phi) is 4.75. The highest BCUT2D eigenvalue weighted by molar-refractivity contribution is 5.87. The Labute approximate surface area is 102 Å². The highest BCUT2D eigenvalue weighted by Gasteiger charge is 2.14. The van der Waals surface area contributed by atoms with Gasteiger partial charge in [0.25, 0.3) is 0 Å². The quantitative estimate of drug-likeness (QED) is 0.829. The summed E-state index contributed by atoms with van der Waals surface area (Å²) in [5.41, 5.74) is 0.213. The van der Waals surface area contributed by atoms with Crippen molar-refractivity contribution >= 4 is 5.97 Å². The molecule has 1 N–H and O–H groups in total. The Bertz CT molecular complexity index is 370. The van der Waals surface area contributed by atoms with Crippen LogP contribution in [0.5, 0.6) is 0 Å². The van der Waals surface area contributed by atoms with Gasteiger partial charge in [-0.3, -0.25) is 4.90 Å². The van der Waals surface area contributed by atoms with Gasteiger partial charge < -0.3 is 9.52 Å². The van der Waals surface area contributed by atoms with Crippen molar-refractivity contribution < 1.29 is 14.3 Å². The third kappa shape index (κ3) is 4.23. The van der Waals surface area contributed by atoms with Crippen LogP contribution < -0.4 is 0 Å². The molecule has 4 nitrogen and oxygen atoms in total. The van der Waals surface area contributed by atoms with Crippen molar-refractivity contribution in [2.75, 3.05) is 7.05 Å². The summed E-state index contributed by atoms with van der Waals surface area (Å²) < 4.78 is 5.23. The molecule has 0 radical (unpaired) electrons. The number of hydrogen-bond acceptors (Lipinski definition) is 3. The average Bonchev–Trinajstić information content (AvgIpc) is 2.65. The molecule has 17 heavy (non-hydrogen) atoms. The molecule has 4 heteroatoms. The number of hydrogen-bond donors (Lipinski definition) is 1. The van der Waals surface area contributed by atoms with E-state index in [0.29, 0.717) is 24.3 Å². The molecule has 0 fully saturated rings. The van der Waals surface area contributed by atoms with E-state index in [1.807, 2.05) is 7.05 Å². The number of rotatable bonds is 6. The van der Waals surface area contributed by atoms with Crippen molar-refractivity contribution in [1.82, 2.24) is 4.90 Å². The summed E-state index contributed by atoms with van der Waals surface area (Å²) in [7, 11) is 2.02. The third-order valence-corrected chi connectivity index (χ3v) is 2.87. The molecule has 1 atom stereocenters. The second-order valence-electron chi connectivity index (χ2n) is 5.00. The molecule has 1 heterocycles. The predicted molar refractivity (Wildman–Crippen MR) is 66.1 cm³/mol. The Hall–Kier alpha value is -1.29. The minimum Gasteiger partial charge on any atom is -0.478 e. The molecule has 0 aliphatic carbocycles. The summed E-state index contributed by atoms with van der Waals surface area (Å²) >= 11 is 0. The SMILES string of the molecule is CC(C)CC(C)N(C)Cc1cc(C(=O)O)co1. The fourth-order valence-corrected chi connectivity index (χ4v) is 1.84. The summed E-state index contributed by atoms with van der Waals surface area (Å²) in [6, 6.07) is 2.04. The molecule has 1 aromatic rings. The topological polar surface area (TPSA) is 53.7 Å². The van der Waals surface area contributed by atoms with Gasteiger partial charge in [0, 0.05) is 6.04 Å². The van der Waals surface area contributed by atoms with Gasteiger partial charge in [0.15, 0.2) is 0 Å². The van der Waals surface area contributed by atoms with E-state index in [0.717, 1.165) is 6.42 Å². The van der Waals surface area contributed by atoms with Gasteiger partial charge in [-0.15, -0.1) is 0 Å². The lowest BCUT2D eigenvalue weighted by atomic mass is 10.0. The van der Waals surface area contributed by atoms with Gasteiger partial charge in [0.05, 0.1) is 12.1 Å². The lowest BCUT2D eigenvalue weighted by Crippen LogP contribution is -2.29. The molecule has 0 bridgehead atoms. The Morgan fingerprint density at radius 2 is 2.12 bits per heavy atom. The number of nitrogens with zero attached hydrogens (tertiary/aromatic N) is 1. The van der Waals surface area contributed by atoms with E-state index in [9.17, 15) is 4.79 Å². The lowest BCUT2D eigenvalue weighted by Gasteiger charge is -2.25. The maximum Gasteiger partial charge on any atom is 0.338 e. The number of carbonyl (C=O) groups is 1. The first-order valence-corrected chi connectivity index (χ1v) is 5.91. The van der Waals surface area contributed by atoms with Crippen molar-refractivity contribution in [2.45, 2.75) is 39.8 Å². The van der Waals surface area contributed by atoms with E-state index in [4.69, 9.17) is 9.52 Å². The first kappa shape index (κ1) is 13.8. The van der Waals surface area contributed by atoms with E-state index >= 15 is 0 Å². The zero-order valence-corrected chi connectivity index (χ0v) is 10.9. The van der Waals surface area contributed by atoms with Crippen LogP contribution in [-0.2, 0) is 6.54 Å². The monoisotopic (exact) mass is 239 g/mol. The summed E-state index contributed by atoms with van der Waals surface area (Å²) in [6.07, 6.45) is 2.40. The van der Waals surface area contributed by atoms with Crippen LogP contribution in [0.3, 0.4) is 0 Å². The summed E-state index contributed by atoms with van der Waals surface area (Å²) in [6.45, 7) is 7.20. The standard InChI is InChI=1S/C13H21NO3/c1-9(2)5-10(3)14(4)7-12-6-11(8-17-12)13(15)16/h6,8-10H,5,7H2,1-4H3,(H,15,16). The van der Waals surface area contributed by atoms with E-state index < -0.39 is 5.97 Å². The molecule has 1 unspecified atom stereocenters. The second-order valence-corrected chi connectivity index (χ2v) is 5.00. The molecule has 96 valence electrons. The zero-order valence-electron chi connectivity index (χ0n) is 10.9. The Morgan fingerprint density at radius 1 is 1.47 bits per heavy atom. The number of furan rings is 1. The van der Waals surface area contributed by atoms with Gasteiger partial charge in [-0.25, -0.2) is 4.79 Å². The lowest BCUT2D eigenvalue weighted by molar-refractivity contribution is 0.0696. The minimum atomic E-state index is -0.946. The first-order valence-electron chi connectivity index (χ1n) is 5.91. The van der Waals surface area contributed by atoms with Crippen LogP contribution in [0.1, 0.15) is 43.3 Å². The second kappa shape index (κ2) is 5.87. The third-order valence-electron chi connectivity index (χ3n) is 2.87. The summed E-state index contributed by atoms with van der Waals surface area (Å²) in [5, 5.41) is 8.79. The van der Waals surface area contributed by atoms with Crippen molar-refractivity contribution in [3.8, 4) is 0 Å². The molecular formula is C13H21NO3. The van der Waals surface area contributed by atoms with Crippen LogP contribution in [0.15, 0.2) is 16.7 Å². The van der Waals surface area contributed by atoms with Gasteiger partial charge in [-0.1, -0.05) is 13.8 Å². The summed E-state index contributed by atoms with van der Waals surface area (Å²) in [4.78, 5) is 12.9.